The van der Waals surface area contributed by atoms with Crippen molar-refractivity contribution < 1.29 is 9.84 Å². The molecule has 0 aliphatic carbocycles. The van der Waals surface area contributed by atoms with Gasteiger partial charge in [0.15, 0.2) is 0 Å². The molecular weight excluding hydrogens is 166 g/mol. The quantitative estimate of drug-likeness (QED) is 0.648. The molecule has 13 heavy (non-hydrogen) atoms. The summed E-state index contributed by atoms with van der Waals surface area (Å²) >= 11 is 0. The Labute approximate surface area is 80.7 Å². The molecule has 1 heterocycles. The maximum Gasteiger partial charge on any atom is 0.0667 e. The van der Waals surface area contributed by atoms with Gasteiger partial charge in [-0.05, 0) is 32.7 Å². The predicted molar refractivity (Wildman–Crippen MR) is 52.8 cm³/mol. The third kappa shape index (κ3) is 4.60. The molecule has 0 unspecified atom stereocenters. The Hall–Kier alpha value is -0.120. The van der Waals surface area contributed by atoms with E-state index in [0.717, 1.165) is 52.1 Å². The lowest BCUT2D eigenvalue weighted by atomic mass is 10.1. The molecule has 0 bridgehead atoms. The van der Waals surface area contributed by atoms with Crippen molar-refractivity contribution in [1.29, 1.82) is 0 Å². The number of β-amino-alcohol motifs (C(OH)–C–C–N with tert-alkyl or cyclic N) is 1. The van der Waals surface area contributed by atoms with Crippen molar-refractivity contribution in [2.24, 2.45) is 0 Å². The number of aliphatic hydroxyl groups is 1. The number of hydrogen-bond donors (Lipinski definition) is 1. The number of likely N-dealkylation sites (tertiary alicyclic amines) is 1. The predicted octanol–water partition coefficient (Wildman–Crippen LogP) is 0.870. The number of ether oxygens (including phenoxy) is 1. The van der Waals surface area contributed by atoms with Crippen LogP contribution < -0.4 is 0 Å². The highest BCUT2D eigenvalue weighted by Crippen LogP contribution is 2.09. The molecule has 1 atom stereocenters. The summed E-state index contributed by atoms with van der Waals surface area (Å²) in [6.45, 7) is 6.74. The summed E-state index contributed by atoms with van der Waals surface area (Å²) in [5, 5.41) is 9.41. The van der Waals surface area contributed by atoms with E-state index in [2.05, 4.69) is 4.90 Å². The van der Waals surface area contributed by atoms with Crippen molar-refractivity contribution in [3.8, 4) is 0 Å². The Bertz CT molecular complexity index is 130. The molecule has 3 heteroatoms. The lowest BCUT2D eigenvalue weighted by molar-refractivity contribution is 0.0620. The fourth-order valence-electron chi connectivity index (χ4n) is 1.77. The molecule has 0 aromatic rings. The monoisotopic (exact) mass is 187 g/mol. The summed E-state index contributed by atoms with van der Waals surface area (Å²) in [7, 11) is 0. The Morgan fingerprint density at radius 1 is 1.54 bits per heavy atom. The van der Waals surface area contributed by atoms with Crippen LogP contribution in [0.15, 0.2) is 0 Å². The molecule has 1 aliphatic rings. The average molecular weight is 187 g/mol. The minimum atomic E-state index is -0.0964. The van der Waals surface area contributed by atoms with Gasteiger partial charge in [0.2, 0.25) is 0 Å². The molecule has 0 saturated carbocycles. The minimum absolute atomic E-state index is 0.0964. The lowest BCUT2D eigenvalue weighted by Crippen LogP contribution is -2.38. The maximum absolute atomic E-state index is 9.41. The molecule has 1 saturated heterocycles. The Balaban J connectivity index is 2.00. The van der Waals surface area contributed by atoms with Crippen LogP contribution in [0.5, 0.6) is 0 Å². The molecule has 1 N–H and O–H groups in total. The highest BCUT2D eigenvalue weighted by molar-refractivity contribution is 4.71. The summed E-state index contributed by atoms with van der Waals surface area (Å²) in [5.74, 6) is 0. The molecule has 1 rings (SSSR count). The summed E-state index contributed by atoms with van der Waals surface area (Å²) in [6, 6.07) is 0. The number of hydrogen-bond acceptors (Lipinski definition) is 3. The number of aliphatic hydroxyl groups excluding tert-OH is 1. The number of nitrogens with zero attached hydrogens (tertiary/aromatic N) is 1. The van der Waals surface area contributed by atoms with Gasteiger partial charge in [0.05, 0.1) is 6.10 Å². The van der Waals surface area contributed by atoms with Crippen LogP contribution in [0.4, 0.5) is 0 Å². The van der Waals surface area contributed by atoms with Crippen LogP contribution in [-0.4, -0.2) is 49.0 Å². The zero-order chi connectivity index (χ0) is 9.52. The second kappa shape index (κ2) is 6.35. The first kappa shape index (κ1) is 11.0. The second-order valence-electron chi connectivity index (χ2n) is 3.65. The highest BCUT2D eigenvalue weighted by Gasteiger charge is 2.16. The first-order valence-electron chi connectivity index (χ1n) is 5.31. The van der Waals surface area contributed by atoms with Crippen molar-refractivity contribution in [3.05, 3.63) is 0 Å². The van der Waals surface area contributed by atoms with E-state index in [0.29, 0.717) is 0 Å². The highest BCUT2D eigenvalue weighted by atomic mass is 16.5. The van der Waals surface area contributed by atoms with E-state index in [4.69, 9.17) is 4.74 Å². The van der Waals surface area contributed by atoms with E-state index in [1.165, 1.54) is 0 Å². The van der Waals surface area contributed by atoms with Gasteiger partial charge in [0, 0.05) is 26.3 Å². The van der Waals surface area contributed by atoms with Crippen LogP contribution in [0.25, 0.3) is 0 Å². The molecule has 0 aromatic carbocycles. The first-order valence-corrected chi connectivity index (χ1v) is 5.31. The van der Waals surface area contributed by atoms with Gasteiger partial charge >= 0.3 is 0 Å². The first-order chi connectivity index (χ1) is 6.33. The van der Waals surface area contributed by atoms with E-state index in [1.807, 2.05) is 6.92 Å². The van der Waals surface area contributed by atoms with Gasteiger partial charge in [-0.15, -0.1) is 0 Å². The largest absolute Gasteiger partial charge is 0.392 e. The number of rotatable bonds is 5. The standard InChI is InChI=1S/C10H21NO2/c1-2-13-8-4-7-11-6-3-5-10(12)9-11/h10,12H,2-9H2,1H3/t10-/m0/s1. The summed E-state index contributed by atoms with van der Waals surface area (Å²) < 4.78 is 5.26. The molecule has 78 valence electrons. The Morgan fingerprint density at radius 2 is 2.38 bits per heavy atom. The van der Waals surface area contributed by atoms with Crippen molar-refractivity contribution >= 4 is 0 Å². The van der Waals surface area contributed by atoms with Crippen molar-refractivity contribution in [2.45, 2.75) is 32.3 Å². The van der Waals surface area contributed by atoms with E-state index in [9.17, 15) is 5.11 Å². The van der Waals surface area contributed by atoms with Crippen LogP contribution in [0.2, 0.25) is 0 Å². The summed E-state index contributed by atoms with van der Waals surface area (Å²) in [5.41, 5.74) is 0. The van der Waals surface area contributed by atoms with E-state index < -0.39 is 0 Å². The molecular formula is C10H21NO2. The van der Waals surface area contributed by atoms with Gasteiger partial charge in [-0.3, -0.25) is 0 Å². The number of piperidine rings is 1. The molecule has 3 nitrogen and oxygen atoms in total. The van der Waals surface area contributed by atoms with E-state index in [-0.39, 0.29) is 6.10 Å². The second-order valence-corrected chi connectivity index (χ2v) is 3.65. The van der Waals surface area contributed by atoms with Crippen LogP contribution in [-0.2, 0) is 4.74 Å². The third-order valence-electron chi connectivity index (χ3n) is 2.45. The van der Waals surface area contributed by atoms with Crippen molar-refractivity contribution in [2.75, 3.05) is 32.8 Å². The Kier molecular flexibility index (Phi) is 5.35. The topological polar surface area (TPSA) is 32.7 Å². The summed E-state index contributed by atoms with van der Waals surface area (Å²) in [6.07, 6.45) is 3.10. The van der Waals surface area contributed by atoms with Gasteiger partial charge in [0.1, 0.15) is 0 Å². The van der Waals surface area contributed by atoms with Crippen LogP contribution >= 0.6 is 0 Å². The van der Waals surface area contributed by atoms with E-state index in [1.54, 1.807) is 0 Å². The zero-order valence-corrected chi connectivity index (χ0v) is 8.54. The molecule has 0 amide bonds. The van der Waals surface area contributed by atoms with Crippen LogP contribution in [0.3, 0.4) is 0 Å². The molecule has 0 spiro atoms. The molecule has 0 radical (unpaired) electrons. The van der Waals surface area contributed by atoms with Gasteiger partial charge in [0.25, 0.3) is 0 Å². The van der Waals surface area contributed by atoms with Crippen LogP contribution in [0.1, 0.15) is 26.2 Å². The molecule has 0 aromatic heterocycles. The zero-order valence-electron chi connectivity index (χ0n) is 8.54. The van der Waals surface area contributed by atoms with Gasteiger partial charge in [-0.25, -0.2) is 0 Å². The van der Waals surface area contributed by atoms with Gasteiger partial charge < -0.3 is 14.7 Å². The maximum atomic E-state index is 9.41. The average Bonchev–Trinajstić information content (AvgIpc) is 2.13. The van der Waals surface area contributed by atoms with Gasteiger partial charge in [-0.1, -0.05) is 0 Å². The SMILES string of the molecule is CCOCCCN1CCC[C@H](O)C1. The Morgan fingerprint density at radius 3 is 3.08 bits per heavy atom. The van der Waals surface area contributed by atoms with Crippen molar-refractivity contribution in [3.63, 3.8) is 0 Å². The smallest absolute Gasteiger partial charge is 0.0667 e. The van der Waals surface area contributed by atoms with E-state index >= 15 is 0 Å². The summed E-state index contributed by atoms with van der Waals surface area (Å²) in [4.78, 5) is 2.33. The van der Waals surface area contributed by atoms with Crippen molar-refractivity contribution in [1.82, 2.24) is 4.90 Å². The molecule has 1 aliphatic heterocycles. The lowest BCUT2D eigenvalue weighted by Gasteiger charge is -2.29. The fourth-order valence-corrected chi connectivity index (χ4v) is 1.77. The molecule has 1 fully saturated rings. The normalized spacial score (nSPS) is 24.9. The van der Waals surface area contributed by atoms with Gasteiger partial charge in [-0.2, -0.15) is 0 Å². The minimum Gasteiger partial charge on any atom is -0.392 e. The van der Waals surface area contributed by atoms with Crippen LogP contribution in [0, 0.1) is 0 Å². The third-order valence-corrected chi connectivity index (χ3v) is 2.45. The fraction of sp³-hybridized carbons (Fsp3) is 1.00.